The average Bonchev–Trinajstić information content (AvgIpc) is 3.13. The molecule has 2 aromatic carbocycles. The molecule has 7 heteroatoms. The van der Waals surface area contributed by atoms with Crippen LogP contribution in [-0.4, -0.2) is 54.5 Å². The van der Waals surface area contributed by atoms with Gasteiger partial charge in [0.1, 0.15) is 18.1 Å². The van der Waals surface area contributed by atoms with Gasteiger partial charge in [-0.3, -0.25) is 4.79 Å². The molecule has 164 valence electrons. The Kier molecular flexibility index (Phi) is 7.67. The zero-order chi connectivity index (χ0) is 22.2. The average molecular weight is 425 g/mol. The van der Waals surface area contributed by atoms with Crippen LogP contribution in [0.2, 0.25) is 0 Å². The van der Waals surface area contributed by atoms with Gasteiger partial charge in [-0.25, -0.2) is 9.69 Å². The second-order valence-electron chi connectivity index (χ2n) is 7.26. The number of methoxy groups -OCH3 is 1. The molecule has 2 atom stereocenters. The summed E-state index contributed by atoms with van der Waals surface area (Å²) in [6, 6.07) is 14.5. The number of amides is 2. The summed E-state index contributed by atoms with van der Waals surface area (Å²) >= 11 is 0. The number of aryl methyl sites for hydroxylation is 1. The zero-order valence-corrected chi connectivity index (χ0v) is 17.7. The van der Waals surface area contributed by atoms with E-state index in [4.69, 9.17) is 19.3 Å². The van der Waals surface area contributed by atoms with Gasteiger partial charge in [0.05, 0.1) is 19.8 Å². The van der Waals surface area contributed by atoms with Crippen molar-refractivity contribution in [2.24, 2.45) is 0 Å². The highest BCUT2D eigenvalue weighted by Gasteiger charge is 2.41. The van der Waals surface area contributed by atoms with Crippen molar-refractivity contribution >= 4 is 12.0 Å². The van der Waals surface area contributed by atoms with Gasteiger partial charge in [-0.15, -0.1) is 0 Å². The number of rotatable bonds is 9. The molecule has 3 rings (SSSR count). The van der Waals surface area contributed by atoms with Crippen LogP contribution in [0.15, 0.2) is 60.7 Å². The number of aliphatic hydroxyl groups is 1. The van der Waals surface area contributed by atoms with Crippen LogP contribution in [0.4, 0.5) is 4.79 Å². The van der Waals surface area contributed by atoms with Gasteiger partial charge < -0.3 is 19.3 Å². The van der Waals surface area contributed by atoms with E-state index in [2.05, 4.69) is 0 Å². The number of imide groups is 1. The molecule has 1 aliphatic heterocycles. The van der Waals surface area contributed by atoms with E-state index in [0.717, 1.165) is 16.0 Å². The van der Waals surface area contributed by atoms with Gasteiger partial charge in [-0.1, -0.05) is 42.5 Å². The van der Waals surface area contributed by atoms with Crippen LogP contribution in [0.25, 0.3) is 0 Å². The Balaban J connectivity index is 1.81. The van der Waals surface area contributed by atoms with Gasteiger partial charge in [0.2, 0.25) is 0 Å². The molecule has 31 heavy (non-hydrogen) atoms. The molecule has 0 spiro atoms. The van der Waals surface area contributed by atoms with Crippen molar-refractivity contribution in [3.05, 3.63) is 71.8 Å². The van der Waals surface area contributed by atoms with Crippen LogP contribution in [0.3, 0.4) is 0 Å². The summed E-state index contributed by atoms with van der Waals surface area (Å²) in [5.41, 5.74) is 1.87. The monoisotopic (exact) mass is 425 g/mol. The predicted octanol–water partition coefficient (Wildman–Crippen LogP) is 3.28. The lowest BCUT2D eigenvalue weighted by atomic mass is 10.0. The van der Waals surface area contributed by atoms with Crippen molar-refractivity contribution in [1.29, 1.82) is 0 Å². The summed E-state index contributed by atoms with van der Waals surface area (Å²) in [5.74, 6) is 0.724. The van der Waals surface area contributed by atoms with Crippen molar-refractivity contribution in [2.75, 3.05) is 20.3 Å². The highest BCUT2D eigenvalue weighted by atomic mass is 16.6. The lowest BCUT2D eigenvalue weighted by molar-refractivity contribution is -0.136. The van der Waals surface area contributed by atoms with Crippen LogP contribution < -0.4 is 9.47 Å². The van der Waals surface area contributed by atoms with Gasteiger partial charge >= 0.3 is 6.09 Å². The number of benzene rings is 2. The topological polar surface area (TPSA) is 85.3 Å². The first-order valence-corrected chi connectivity index (χ1v) is 10.1. The third kappa shape index (κ3) is 5.64. The molecule has 7 nitrogen and oxygen atoms in total. The minimum absolute atomic E-state index is 0.139. The number of hydrogen-bond acceptors (Lipinski definition) is 6. The van der Waals surface area contributed by atoms with E-state index >= 15 is 0 Å². The molecule has 1 saturated heterocycles. The number of carbonyl (C=O) groups excluding carboxylic acids is 2. The fraction of sp³-hybridized carbons (Fsp3) is 0.333. The van der Waals surface area contributed by atoms with Crippen molar-refractivity contribution in [2.45, 2.75) is 31.9 Å². The van der Waals surface area contributed by atoms with Crippen LogP contribution in [-0.2, 0) is 16.0 Å². The first-order valence-electron chi connectivity index (χ1n) is 10.1. The summed E-state index contributed by atoms with van der Waals surface area (Å²) in [6.07, 6.45) is 2.28. The van der Waals surface area contributed by atoms with Gasteiger partial charge in [0, 0.05) is 6.42 Å². The standard InChI is InChI=1S/C24H27NO6/c1-17-14-20(11-12-21(17)29-2)31-22(10-6-7-13-26)23(27)25-19(16-30-24(25)28)15-18-8-4-3-5-9-18/h3-9,11-12,14,19,22,26H,10,13,15-16H2,1-2H3/b7-6+/t19-,22+/m1/s1. The number of carbonyl (C=O) groups is 2. The van der Waals surface area contributed by atoms with E-state index in [9.17, 15) is 9.59 Å². The second kappa shape index (κ2) is 10.6. The molecule has 0 aromatic heterocycles. The van der Waals surface area contributed by atoms with E-state index < -0.39 is 24.1 Å². The van der Waals surface area contributed by atoms with E-state index in [1.165, 1.54) is 6.08 Å². The van der Waals surface area contributed by atoms with E-state index in [1.807, 2.05) is 37.3 Å². The lowest BCUT2D eigenvalue weighted by Gasteiger charge is -2.25. The number of ether oxygens (including phenoxy) is 3. The number of hydrogen-bond donors (Lipinski definition) is 1. The molecule has 1 heterocycles. The summed E-state index contributed by atoms with van der Waals surface area (Å²) in [6.45, 7) is 1.87. The molecule has 0 saturated carbocycles. The molecular weight excluding hydrogens is 398 g/mol. The maximum atomic E-state index is 13.3. The largest absolute Gasteiger partial charge is 0.496 e. The molecule has 2 amide bonds. The molecule has 1 N–H and O–H groups in total. The maximum Gasteiger partial charge on any atom is 0.417 e. The Morgan fingerprint density at radius 2 is 2.03 bits per heavy atom. The molecule has 0 aliphatic carbocycles. The Labute approximate surface area is 181 Å². The van der Waals surface area contributed by atoms with Crippen LogP contribution in [0.5, 0.6) is 11.5 Å². The van der Waals surface area contributed by atoms with E-state index in [1.54, 1.807) is 31.4 Å². The predicted molar refractivity (Wildman–Crippen MR) is 115 cm³/mol. The SMILES string of the molecule is COc1ccc(O[C@@H](C/C=C/CO)C(=O)N2C(=O)OC[C@H]2Cc2ccccc2)cc1C. The van der Waals surface area contributed by atoms with Crippen molar-refractivity contribution in [3.8, 4) is 11.5 Å². The number of nitrogens with zero attached hydrogens (tertiary/aromatic N) is 1. The maximum absolute atomic E-state index is 13.3. The molecule has 0 unspecified atom stereocenters. The number of cyclic esters (lactones) is 1. The normalized spacial score (nSPS) is 16.9. The second-order valence-corrected chi connectivity index (χ2v) is 7.26. The van der Waals surface area contributed by atoms with Gasteiger partial charge in [0.25, 0.3) is 5.91 Å². The van der Waals surface area contributed by atoms with Gasteiger partial charge in [-0.2, -0.15) is 0 Å². The lowest BCUT2D eigenvalue weighted by Crippen LogP contribution is -2.47. The molecule has 1 aliphatic rings. The van der Waals surface area contributed by atoms with Crippen molar-refractivity contribution < 1.29 is 28.9 Å². The Bertz CT molecular complexity index is 927. The molecule has 0 radical (unpaired) electrons. The molecule has 1 fully saturated rings. The highest BCUT2D eigenvalue weighted by molar-refractivity contribution is 5.96. The highest BCUT2D eigenvalue weighted by Crippen LogP contribution is 2.26. The van der Waals surface area contributed by atoms with Crippen LogP contribution in [0, 0.1) is 6.92 Å². The summed E-state index contributed by atoms with van der Waals surface area (Å²) in [5, 5.41) is 9.05. The first kappa shape index (κ1) is 22.4. The van der Waals surface area contributed by atoms with E-state index in [-0.39, 0.29) is 19.6 Å². The summed E-state index contributed by atoms with van der Waals surface area (Å²) in [7, 11) is 1.58. The van der Waals surface area contributed by atoms with Crippen molar-refractivity contribution in [1.82, 2.24) is 4.90 Å². The summed E-state index contributed by atoms with van der Waals surface area (Å²) in [4.78, 5) is 26.9. The number of aliphatic hydroxyl groups excluding tert-OH is 1. The molecule has 0 bridgehead atoms. The van der Waals surface area contributed by atoms with Crippen molar-refractivity contribution in [3.63, 3.8) is 0 Å². The Morgan fingerprint density at radius 3 is 2.71 bits per heavy atom. The minimum atomic E-state index is -0.945. The van der Waals surface area contributed by atoms with Gasteiger partial charge in [-0.05, 0) is 42.7 Å². The Hall–Kier alpha value is -3.32. The third-order valence-corrected chi connectivity index (χ3v) is 5.05. The van der Waals surface area contributed by atoms with Crippen LogP contribution in [0.1, 0.15) is 17.5 Å². The quantitative estimate of drug-likeness (QED) is 0.621. The van der Waals surface area contributed by atoms with E-state index in [0.29, 0.717) is 17.9 Å². The minimum Gasteiger partial charge on any atom is -0.496 e. The smallest absolute Gasteiger partial charge is 0.417 e. The summed E-state index contributed by atoms with van der Waals surface area (Å²) < 4.78 is 16.4. The molecule has 2 aromatic rings. The fourth-order valence-electron chi connectivity index (χ4n) is 3.50. The van der Waals surface area contributed by atoms with Crippen LogP contribution >= 0.6 is 0 Å². The van der Waals surface area contributed by atoms with Gasteiger partial charge in [0.15, 0.2) is 6.10 Å². The Morgan fingerprint density at radius 1 is 1.26 bits per heavy atom. The first-order chi connectivity index (χ1) is 15.0. The third-order valence-electron chi connectivity index (χ3n) is 5.05. The molecular formula is C24H27NO6. The fourth-order valence-corrected chi connectivity index (χ4v) is 3.50. The zero-order valence-electron chi connectivity index (χ0n) is 17.7.